The fourth-order valence-corrected chi connectivity index (χ4v) is 2.16. The number of aromatic hydroxyl groups is 1. The van der Waals surface area contributed by atoms with Gasteiger partial charge in [0.25, 0.3) is 0 Å². The highest BCUT2D eigenvalue weighted by atomic mass is 79.9. The second kappa shape index (κ2) is 6.01. The summed E-state index contributed by atoms with van der Waals surface area (Å²) in [5.41, 5.74) is -0.344. The molecule has 0 fully saturated rings. The molecule has 18 heavy (non-hydrogen) atoms. The van der Waals surface area contributed by atoms with Crippen molar-refractivity contribution in [3.63, 3.8) is 0 Å². The van der Waals surface area contributed by atoms with Crippen LogP contribution in [0.2, 0.25) is 0 Å². The molecule has 0 aliphatic heterocycles. The summed E-state index contributed by atoms with van der Waals surface area (Å²) in [6.45, 7) is 1.62. The molecule has 0 radical (unpaired) electrons. The minimum Gasteiger partial charge on any atom is -0.504 e. The maximum absolute atomic E-state index is 13.7. The van der Waals surface area contributed by atoms with Crippen molar-refractivity contribution < 1.29 is 28.9 Å². The Bertz CT molecular complexity index is 463. The van der Waals surface area contributed by atoms with Crippen molar-refractivity contribution in [3.8, 4) is 11.5 Å². The first-order chi connectivity index (χ1) is 8.43. The summed E-state index contributed by atoms with van der Waals surface area (Å²) in [5, 5.41) is 19.1. The second-order valence-electron chi connectivity index (χ2n) is 3.29. The molecule has 1 atom stereocenters. The van der Waals surface area contributed by atoms with Gasteiger partial charge in [0.1, 0.15) is 5.82 Å². The third-order valence-electron chi connectivity index (χ3n) is 2.18. The van der Waals surface area contributed by atoms with Crippen molar-refractivity contribution in [2.45, 2.75) is 13.0 Å². The molecule has 1 rings (SSSR count). The molecule has 1 aromatic rings. The monoisotopic (exact) mass is 322 g/mol. The lowest BCUT2D eigenvalue weighted by atomic mass is 10.1. The van der Waals surface area contributed by atoms with E-state index in [1.165, 1.54) is 7.11 Å². The Balaban J connectivity index is 3.28. The SMILES string of the molecule is CCOC(=O)C(O)c1c(F)cc(O)c(OC)c1Br. The standard InChI is InChI=1S/C11H12BrFO5/c1-3-18-11(16)9(15)7-5(13)4-6(14)10(17-2)8(7)12/h4,9,14-15H,3H2,1-2H3. The van der Waals surface area contributed by atoms with Crippen LogP contribution in [0, 0.1) is 5.82 Å². The Kier molecular flexibility index (Phi) is 4.92. The Morgan fingerprint density at radius 1 is 1.61 bits per heavy atom. The maximum atomic E-state index is 13.7. The lowest BCUT2D eigenvalue weighted by molar-refractivity contribution is -0.153. The van der Waals surface area contributed by atoms with Gasteiger partial charge in [-0.15, -0.1) is 0 Å². The predicted octanol–water partition coefficient (Wildman–Crippen LogP) is 1.90. The average molecular weight is 323 g/mol. The van der Waals surface area contributed by atoms with E-state index in [0.29, 0.717) is 0 Å². The van der Waals surface area contributed by atoms with E-state index < -0.39 is 23.6 Å². The van der Waals surface area contributed by atoms with Gasteiger partial charge in [-0.3, -0.25) is 0 Å². The van der Waals surface area contributed by atoms with Crippen molar-refractivity contribution in [1.29, 1.82) is 0 Å². The van der Waals surface area contributed by atoms with E-state index >= 15 is 0 Å². The van der Waals surface area contributed by atoms with Gasteiger partial charge in [0, 0.05) is 11.6 Å². The quantitative estimate of drug-likeness (QED) is 0.828. The fraction of sp³-hybridized carbons (Fsp3) is 0.364. The zero-order chi connectivity index (χ0) is 13.9. The number of benzene rings is 1. The number of aliphatic hydroxyl groups excluding tert-OH is 1. The molecule has 0 aliphatic carbocycles. The van der Waals surface area contributed by atoms with Gasteiger partial charge in [-0.2, -0.15) is 0 Å². The van der Waals surface area contributed by atoms with E-state index in [9.17, 15) is 19.4 Å². The number of aliphatic hydroxyl groups is 1. The maximum Gasteiger partial charge on any atom is 0.339 e. The first-order valence-electron chi connectivity index (χ1n) is 5.03. The van der Waals surface area contributed by atoms with Gasteiger partial charge < -0.3 is 19.7 Å². The number of phenols is 1. The zero-order valence-corrected chi connectivity index (χ0v) is 11.3. The molecule has 5 nitrogen and oxygen atoms in total. The molecule has 0 heterocycles. The summed E-state index contributed by atoms with van der Waals surface area (Å²) >= 11 is 2.97. The van der Waals surface area contributed by atoms with E-state index in [1.54, 1.807) is 6.92 Å². The minimum absolute atomic E-state index is 0.0388. The smallest absolute Gasteiger partial charge is 0.339 e. The third kappa shape index (κ3) is 2.73. The van der Waals surface area contributed by atoms with Gasteiger partial charge in [0.05, 0.1) is 18.2 Å². The van der Waals surface area contributed by atoms with Crippen LogP contribution >= 0.6 is 15.9 Å². The van der Waals surface area contributed by atoms with Crippen LogP contribution in [-0.4, -0.2) is 29.9 Å². The van der Waals surface area contributed by atoms with Gasteiger partial charge in [-0.25, -0.2) is 9.18 Å². The minimum atomic E-state index is -1.80. The van der Waals surface area contributed by atoms with Crippen LogP contribution in [0.1, 0.15) is 18.6 Å². The molecular formula is C11H12BrFO5. The van der Waals surface area contributed by atoms with Gasteiger partial charge >= 0.3 is 5.97 Å². The van der Waals surface area contributed by atoms with Gasteiger partial charge in [0.2, 0.25) is 0 Å². The molecule has 0 aliphatic rings. The van der Waals surface area contributed by atoms with Crippen LogP contribution in [0.25, 0.3) is 0 Å². The van der Waals surface area contributed by atoms with Crippen molar-refractivity contribution in [1.82, 2.24) is 0 Å². The van der Waals surface area contributed by atoms with Crippen LogP contribution in [0.5, 0.6) is 11.5 Å². The van der Waals surface area contributed by atoms with Crippen LogP contribution in [-0.2, 0) is 9.53 Å². The number of esters is 1. The Hall–Kier alpha value is -1.34. The van der Waals surface area contributed by atoms with Crippen molar-refractivity contribution >= 4 is 21.9 Å². The molecule has 0 saturated carbocycles. The molecule has 1 aromatic carbocycles. The summed E-state index contributed by atoms with van der Waals surface area (Å²) in [6.07, 6.45) is -1.80. The first kappa shape index (κ1) is 14.7. The molecule has 0 saturated heterocycles. The second-order valence-corrected chi connectivity index (χ2v) is 4.09. The van der Waals surface area contributed by atoms with E-state index in [0.717, 1.165) is 6.07 Å². The molecule has 0 amide bonds. The van der Waals surface area contributed by atoms with E-state index in [2.05, 4.69) is 20.7 Å². The summed E-state index contributed by atoms with van der Waals surface area (Å²) < 4.78 is 23.1. The van der Waals surface area contributed by atoms with E-state index in [-0.39, 0.29) is 22.4 Å². The molecule has 7 heteroatoms. The van der Waals surface area contributed by atoms with Crippen molar-refractivity contribution in [2.75, 3.05) is 13.7 Å². The normalized spacial score (nSPS) is 12.1. The summed E-state index contributed by atoms with van der Waals surface area (Å²) in [7, 11) is 1.26. The summed E-state index contributed by atoms with van der Waals surface area (Å²) in [5.74, 6) is -2.44. The highest BCUT2D eigenvalue weighted by Crippen LogP contribution is 2.41. The van der Waals surface area contributed by atoms with Gasteiger partial charge in [0.15, 0.2) is 17.6 Å². The Morgan fingerprint density at radius 3 is 2.72 bits per heavy atom. The summed E-state index contributed by atoms with van der Waals surface area (Å²) in [4.78, 5) is 11.4. The molecule has 100 valence electrons. The van der Waals surface area contributed by atoms with Gasteiger partial charge in [-0.05, 0) is 22.9 Å². The molecule has 2 N–H and O–H groups in total. The highest BCUT2D eigenvalue weighted by Gasteiger charge is 2.28. The molecule has 1 unspecified atom stereocenters. The topological polar surface area (TPSA) is 76.0 Å². The first-order valence-corrected chi connectivity index (χ1v) is 5.82. The van der Waals surface area contributed by atoms with Crippen LogP contribution in [0.4, 0.5) is 4.39 Å². The number of carbonyl (C=O) groups excluding carboxylic acids is 1. The Labute approximate surface area is 111 Å². The molecule has 0 aromatic heterocycles. The van der Waals surface area contributed by atoms with Crippen molar-refractivity contribution in [2.24, 2.45) is 0 Å². The van der Waals surface area contributed by atoms with Crippen molar-refractivity contribution in [3.05, 3.63) is 21.9 Å². The number of methoxy groups -OCH3 is 1. The number of ether oxygens (including phenoxy) is 2. The number of rotatable bonds is 4. The largest absolute Gasteiger partial charge is 0.504 e. The van der Waals surface area contributed by atoms with Crippen LogP contribution < -0.4 is 4.74 Å². The number of hydrogen-bond acceptors (Lipinski definition) is 5. The predicted molar refractivity (Wildman–Crippen MR) is 63.9 cm³/mol. The number of halogens is 2. The number of phenolic OH excluding ortho intramolecular Hbond substituents is 1. The number of hydrogen-bond donors (Lipinski definition) is 2. The highest BCUT2D eigenvalue weighted by molar-refractivity contribution is 9.10. The number of carbonyl (C=O) groups is 1. The van der Waals surface area contributed by atoms with E-state index in [1.807, 2.05) is 0 Å². The third-order valence-corrected chi connectivity index (χ3v) is 2.96. The summed E-state index contributed by atoms with van der Waals surface area (Å²) in [6, 6.07) is 0.751. The van der Waals surface area contributed by atoms with Crippen LogP contribution in [0.3, 0.4) is 0 Å². The van der Waals surface area contributed by atoms with E-state index in [4.69, 9.17) is 4.74 Å². The molecular weight excluding hydrogens is 311 g/mol. The Morgan fingerprint density at radius 2 is 2.22 bits per heavy atom. The lowest BCUT2D eigenvalue weighted by Crippen LogP contribution is -2.17. The molecule has 0 spiro atoms. The fourth-order valence-electron chi connectivity index (χ4n) is 1.39. The zero-order valence-electron chi connectivity index (χ0n) is 9.74. The average Bonchev–Trinajstić information content (AvgIpc) is 2.29. The molecule has 0 bridgehead atoms. The lowest BCUT2D eigenvalue weighted by Gasteiger charge is -2.15. The van der Waals surface area contributed by atoms with Gasteiger partial charge in [-0.1, -0.05) is 0 Å². The van der Waals surface area contributed by atoms with Crippen LogP contribution in [0.15, 0.2) is 10.5 Å².